The fourth-order valence-corrected chi connectivity index (χ4v) is 2.93. The molecule has 2 heteroatoms. The van der Waals surface area contributed by atoms with Gasteiger partial charge in [0.1, 0.15) is 0 Å². The smallest absolute Gasteiger partial charge is 0.00824 e. The third-order valence-corrected chi connectivity index (χ3v) is 3.89. The molecule has 0 aromatic carbocycles. The van der Waals surface area contributed by atoms with Crippen molar-refractivity contribution in [3.8, 4) is 0 Å². The fraction of sp³-hybridized carbons (Fsp3) is 1.00. The van der Waals surface area contributed by atoms with E-state index >= 15 is 0 Å². The number of nitrogens with two attached hydrogens (primary N) is 1. The van der Waals surface area contributed by atoms with Crippen molar-refractivity contribution < 1.29 is 0 Å². The van der Waals surface area contributed by atoms with Gasteiger partial charge in [-0.1, -0.05) is 19.3 Å². The average Bonchev–Trinajstić information content (AvgIpc) is 2.63. The van der Waals surface area contributed by atoms with Gasteiger partial charge in [-0.2, -0.15) is 0 Å². The zero-order valence-electron chi connectivity index (χ0n) is 9.17. The molecule has 2 fully saturated rings. The summed E-state index contributed by atoms with van der Waals surface area (Å²) in [4.78, 5) is 0. The molecule has 0 amide bonds. The molecule has 0 saturated heterocycles. The summed E-state index contributed by atoms with van der Waals surface area (Å²) in [5.41, 5.74) is 5.89. The molecule has 2 nitrogen and oxygen atoms in total. The summed E-state index contributed by atoms with van der Waals surface area (Å²) >= 11 is 0. The summed E-state index contributed by atoms with van der Waals surface area (Å²) in [5.74, 6) is 0.959. The molecule has 0 heterocycles. The SMILES string of the molecule is NC1CCC(NCC2CCCCC2)C1. The van der Waals surface area contributed by atoms with Crippen LogP contribution in [0.3, 0.4) is 0 Å². The quantitative estimate of drug-likeness (QED) is 0.725. The van der Waals surface area contributed by atoms with E-state index in [0.29, 0.717) is 6.04 Å². The minimum atomic E-state index is 0.471. The number of hydrogen-bond donors (Lipinski definition) is 2. The topological polar surface area (TPSA) is 38.0 Å². The molecule has 2 atom stereocenters. The van der Waals surface area contributed by atoms with Crippen molar-refractivity contribution in [2.24, 2.45) is 11.7 Å². The Morgan fingerprint density at radius 1 is 1.00 bits per heavy atom. The molecule has 2 saturated carbocycles. The van der Waals surface area contributed by atoms with Gasteiger partial charge in [0.2, 0.25) is 0 Å². The number of nitrogens with one attached hydrogen (secondary N) is 1. The van der Waals surface area contributed by atoms with Gasteiger partial charge in [-0.15, -0.1) is 0 Å². The van der Waals surface area contributed by atoms with E-state index in [1.54, 1.807) is 0 Å². The Kier molecular flexibility index (Phi) is 3.82. The van der Waals surface area contributed by atoms with Crippen molar-refractivity contribution in [3.63, 3.8) is 0 Å². The normalized spacial score (nSPS) is 34.9. The van der Waals surface area contributed by atoms with Gasteiger partial charge >= 0.3 is 0 Å². The first-order valence-corrected chi connectivity index (χ1v) is 6.33. The third kappa shape index (κ3) is 2.96. The van der Waals surface area contributed by atoms with Crippen LogP contribution in [0.5, 0.6) is 0 Å². The lowest BCUT2D eigenvalue weighted by molar-refractivity contribution is 0.327. The standard InChI is InChI=1S/C12H24N2/c13-11-6-7-12(8-11)14-9-10-4-2-1-3-5-10/h10-12,14H,1-9,13H2. The molecule has 0 bridgehead atoms. The van der Waals surface area contributed by atoms with Gasteiger partial charge < -0.3 is 11.1 Å². The van der Waals surface area contributed by atoms with Crippen LogP contribution >= 0.6 is 0 Å². The van der Waals surface area contributed by atoms with E-state index in [2.05, 4.69) is 5.32 Å². The minimum Gasteiger partial charge on any atom is -0.328 e. The Morgan fingerprint density at radius 3 is 2.43 bits per heavy atom. The molecule has 0 aromatic heterocycles. The molecule has 2 aliphatic rings. The molecular formula is C12H24N2. The summed E-state index contributed by atoms with van der Waals surface area (Å²) in [6.45, 7) is 1.25. The van der Waals surface area contributed by atoms with Crippen LogP contribution < -0.4 is 11.1 Å². The molecule has 0 radical (unpaired) electrons. The molecule has 2 rings (SSSR count). The molecule has 2 unspecified atom stereocenters. The van der Waals surface area contributed by atoms with E-state index in [-0.39, 0.29) is 0 Å². The highest BCUT2D eigenvalue weighted by Crippen LogP contribution is 2.24. The molecule has 0 spiro atoms. The highest BCUT2D eigenvalue weighted by Gasteiger charge is 2.22. The zero-order valence-corrected chi connectivity index (χ0v) is 9.17. The van der Waals surface area contributed by atoms with Gasteiger partial charge in [0, 0.05) is 12.1 Å². The van der Waals surface area contributed by atoms with E-state index in [9.17, 15) is 0 Å². The van der Waals surface area contributed by atoms with Crippen LogP contribution in [0, 0.1) is 5.92 Å². The number of rotatable bonds is 3. The molecule has 2 aliphatic carbocycles. The van der Waals surface area contributed by atoms with E-state index in [4.69, 9.17) is 5.73 Å². The highest BCUT2D eigenvalue weighted by molar-refractivity contribution is 4.83. The third-order valence-electron chi connectivity index (χ3n) is 3.89. The van der Waals surface area contributed by atoms with Crippen molar-refractivity contribution in [3.05, 3.63) is 0 Å². The van der Waals surface area contributed by atoms with Crippen molar-refractivity contribution in [1.29, 1.82) is 0 Å². The fourth-order valence-electron chi connectivity index (χ4n) is 2.93. The van der Waals surface area contributed by atoms with Gasteiger partial charge in [0.15, 0.2) is 0 Å². The van der Waals surface area contributed by atoms with Crippen molar-refractivity contribution in [1.82, 2.24) is 5.32 Å². The van der Waals surface area contributed by atoms with Crippen LogP contribution in [-0.2, 0) is 0 Å². The van der Waals surface area contributed by atoms with Gasteiger partial charge in [-0.25, -0.2) is 0 Å². The van der Waals surface area contributed by atoms with Crippen molar-refractivity contribution in [2.75, 3.05) is 6.54 Å². The van der Waals surface area contributed by atoms with Crippen LogP contribution in [0.4, 0.5) is 0 Å². The Bertz CT molecular complexity index is 159. The maximum Gasteiger partial charge on any atom is 0.00824 e. The van der Waals surface area contributed by atoms with Crippen LogP contribution in [-0.4, -0.2) is 18.6 Å². The van der Waals surface area contributed by atoms with Crippen LogP contribution in [0.2, 0.25) is 0 Å². The molecule has 82 valence electrons. The monoisotopic (exact) mass is 196 g/mol. The Morgan fingerprint density at radius 2 is 1.79 bits per heavy atom. The summed E-state index contributed by atoms with van der Waals surface area (Å²) < 4.78 is 0. The van der Waals surface area contributed by atoms with Gasteiger partial charge in [-0.3, -0.25) is 0 Å². The molecule has 14 heavy (non-hydrogen) atoms. The largest absolute Gasteiger partial charge is 0.328 e. The summed E-state index contributed by atoms with van der Waals surface area (Å²) in [7, 11) is 0. The van der Waals surface area contributed by atoms with E-state index in [1.807, 2.05) is 0 Å². The van der Waals surface area contributed by atoms with Gasteiger partial charge in [0.25, 0.3) is 0 Å². The number of hydrogen-bond acceptors (Lipinski definition) is 2. The van der Waals surface area contributed by atoms with E-state index in [1.165, 1.54) is 57.9 Å². The van der Waals surface area contributed by atoms with E-state index < -0.39 is 0 Å². The predicted molar refractivity (Wildman–Crippen MR) is 60.2 cm³/mol. The zero-order chi connectivity index (χ0) is 9.80. The Labute approximate surface area is 87.6 Å². The van der Waals surface area contributed by atoms with Crippen LogP contribution in [0.25, 0.3) is 0 Å². The summed E-state index contributed by atoms with van der Waals surface area (Å²) in [5, 5.41) is 3.70. The Balaban J connectivity index is 1.61. The molecule has 3 N–H and O–H groups in total. The van der Waals surface area contributed by atoms with Gasteiger partial charge in [0.05, 0.1) is 0 Å². The van der Waals surface area contributed by atoms with Crippen molar-refractivity contribution in [2.45, 2.75) is 63.5 Å². The lowest BCUT2D eigenvalue weighted by Gasteiger charge is -2.23. The minimum absolute atomic E-state index is 0.471. The van der Waals surface area contributed by atoms with Crippen LogP contribution in [0.15, 0.2) is 0 Å². The lowest BCUT2D eigenvalue weighted by Crippen LogP contribution is -2.33. The first kappa shape index (κ1) is 10.4. The second-order valence-electron chi connectivity index (χ2n) is 5.18. The van der Waals surface area contributed by atoms with Crippen LogP contribution in [0.1, 0.15) is 51.4 Å². The first-order chi connectivity index (χ1) is 6.84. The van der Waals surface area contributed by atoms with Gasteiger partial charge in [-0.05, 0) is 44.6 Å². The second kappa shape index (κ2) is 5.13. The maximum absolute atomic E-state index is 5.89. The molecule has 0 aromatic rings. The maximum atomic E-state index is 5.89. The summed E-state index contributed by atoms with van der Waals surface area (Å²) in [6, 6.07) is 1.20. The molecular weight excluding hydrogens is 172 g/mol. The summed E-state index contributed by atoms with van der Waals surface area (Å²) in [6.07, 6.45) is 11.0. The van der Waals surface area contributed by atoms with Crippen molar-refractivity contribution >= 4 is 0 Å². The Hall–Kier alpha value is -0.0800. The molecule has 0 aliphatic heterocycles. The average molecular weight is 196 g/mol. The predicted octanol–water partition coefficient (Wildman–Crippen LogP) is 2.04. The highest BCUT2D eigenvalue weighted by atomic mass is 14.9. The first-order valence-electron chi connectivity index (χ1n) is 6.33. The lowest BCUT2D eigenvalue weighted by atomic mass is 9.89. The van der Waals surface area contributed by atoms with E-state index in [0.717, 1.165) is 12.0 Å². The second-order valence-corrected chi connectivity index (χ2v) is 5.18.